The van der Waals surface area contributed by atoms with E-state index in [1.165, 1.54) is 0 Å². The quantitative estimate of drug-likeness (QED) is 0.809. The molecule has 0 saturated heterocycles. The lowest BCUT2D eigenvalue weighted by Gasteiger charge is -2.29. The Hall–Kier alpha value is -0.620. The van der Waals surface area contributed by atoms with Crippen molar-refractivity contribution in [3.8, 4) is 0 Å². The second-order valence-corrected chi connectivity index (χ2v) is 8.46. The minimum absolute atomic E-state index is 0.0600. The molecule has 1 aliphatic rings. The average Bonchev–Trinajstić information content (AvgIpc) is 2.23. The standard InChI is InChI=1S/C13H25NO4S/c1-13(2,3)9-19(17,18)14-8-10-6-4-5-7-11(10)12(15)16/h10-11,14H,4-9H2,1-3H3,(H,15,16). The van der Waals surface area contributed by atoms with Gasteiger partial charge in [-0.2, -0.15) is 0 Å². The van der Waals surface area contributed by atoms with Crippen molar-refractivity contribution in [2.75, 3.05) is 12.3 Å². The molecule has 1 saturated carbocycles. The molecule has 5 nitrogen and oxygen atoms in total. The fourth-order valence-electron chi connectivity index (χ4n) is 2.63. The lowest BCUT2D eigenvalue weighted by atomic mass is 9.79. The topological polar surface area (TPSA) is 83.5 Å². The van der Waals surface area contributed by atoms with E-state index in [9.17, 15) is 13.2 Å². The zero-order valence-electron chi connectivity index (χ0n) is 12.0. The normalized spacial score (nSPS) is 25.2. The van der Waals surface area contributed by atoms with Gasteiger partial charge in [-0.1, -0.05) is 33.6 Å². The third kappa shape index (κ3) is 5.91. The molecule has 0 aromatic rings. The molecule has 1 aliphatic carbocycles. The summed E-state index contributed by atoms with van der Waals surface area (Å²) in [5.41, 5.74) is -0.301. The van der Waals surface area contributed by atoms with Crippen LogP contribution in [0, 0.1) is 17.3 Å². The summed E-state index contributed by atoms with van der Waals surface area (Å²) < 4.78 is 26.4. The maximum Gasteiger partial charge on any atom is 0.306 e. The molecule has 0 radical (unpaired) electrons. The Morgan fingerprint density at radius 3 is 2.37 bits per heavy atom. The molecular weight excluding hydrogens is 266 g/mol. The van der Waals surface area contributed by atoms with Gasteiger partial charge in [0.1, 0.15) is 0 Å². The van der Waals surface area contributed by atoms with Crippen molar-refractivity contribution < 1.29 is 18.3 Å². The van der Waals surface area contributed by atoms with Crippen molar-refractivity contribution in [3.63, 3.8) is 0 Å². The van der Waals surface area contributed by atoms with Crippen molar-refractivity contribution in [1.82, 2.24) is 4.72 Å². The number of carboxylic acids is 1. The average molecular weight is 291 g/mol. The first-order valence-electron chi connectivity index (χ1n) is 6.81. The van der Waals surface area contributed by atoms with Gasteiger partial charge in [-0.3, -0.25) is 4.79 Å². The predicted molar refractivity (Wildman–Crippen MR) is 74.3 cm³/mol. The van der Waals surface area contributed by atoms with Gasteiger partial charge >= 0.3 is 5.97 Å². The van der Waals surface area contributed by atoms with Crippen LogP contribution in [-0.2, 0) is 14.8 Å². The van der Waals surface area contributed by atoms with Gasteiger partial charge in [-0.05, 0) is 24.2 Å². The summed E-state index contributed by atoms with van der Waals surface area (Å²) >= 11 is 0. The van der Waals surface area contributed by atoms with Crippen LogP contribution in [0.5, 0.6) is 0 Å². The zero-order chi connectivity index (χ0) is 14.7. The van der Waals surface area contributed by atoms with Crippen LogP contribution in [0.2, 0.25) is 0 Å². The second kappa shape index (κ2) is 6.22. The molecule has 2 atom stereocenters. The Labute approximate surface area is 115 Å². The van der Waals surface area contributed by atoms with Crippen LogP contribution in [0.15, 0.2) is 0 Å². The summed E-state index contributed by atoms with van der Waals surface area (Å²) in [6.07, 6.45) is 3.34. The predicted octanol–water partition coefficient (Wildman–Crippen LogP) is 1.84. The van der Waals surface area contributed by atoms with Gasteiger partial charge in [0.15, 0.2) is 0 Å². The maximum absolute atomic E-state index is 11.9. The van der Waals surface area contributed by atoms with Gasteiger partial charge < -0.3 is 5.11 Å². The van der Waals surface area contributed by atoms with Crippen molar-refractivity contribution in [3.05, 3.63) is 0 Å². The second-order valence-electron chi connectivity index (χ2n) is 6.66. The van der Waals surface area contributed by atoms with Crippen LogP contribution >= 0.6 is 0 Å². The number of aliphatic carboxylic acids is 1. The highest BCUT2D eigenvalue weighted by molar-refractivity contribution is 7.89. The highest BCUT2D eigenvalue weighted by atomic mass is 32.2. The van der Waals surface area contributed by atoms with Crippen LogP contribution < -0.4 is 4.72 Å². The van der Waals surface area contributed by atoms with Crippen LogP contribution in [-0.4, -0.2) is 31.8 Å². The third-order valence-corrected chi connectivity index (χ3v) is 5.27. The third-order valence-electron chi connectivity index (χ3n) is 3.41. The van der Waals surface area contributed by atoms with Gasteiger partial charge in [-0.15, -0.1) is 0 Å². The number of sulfonamides is 1. The maximum atomic E-state index is 11.9. The van der Waals surface area contributed by atoms with Gasteiger partial charge in [0, 0.05) is 6.54 Å². The van der Waals surface area contributed by atoms with E-state index in [0.29, 0.717) is 6.42 Å². The number of carbonyl (C=O) groups is 1. The first kappa shape index (κ1) is 16.4. The number of nitrogens with one attached hydrogen (secondary N) is 1. The van der Waals surface area contributed by atoms with E-state index in [0.717, 1.165) is 19.3 Å². The van der Waals surface area contributed by atoms with E-state index in [-0.39, 0.29) is 23.6 Å². The van der Waals surface area contributed by atoms with Crippen LogP contribution in [0.1, 0.15) is 46.5 Å². The van der Waals surface area contributed by atoms with E-state index in [1.54, 1.807) is 0 Å². The highest BCUT2D eigenvalue weighted by Gasteiger charge is 2.32. The Bertz CT molecular complexity index is 411. The van der Waals surface area contributed by atoms with Gasteiger partial charge in [0.2, 0.25) is 10.0 Å². The molecular formula is C13H25NO4S. The van der Waals surface area contributed by atoms with Crippen molar-refractivity contribution in [2.24, 2.45) is 17.3 Å². The van der Waals surface area contributed by atoms with Crippen LogP contribution in [0.25, 0.3) is 0 Å². The Morgan fingerprint density at radius 1 is 1.26 bits per heavy atom. The molecule has 0 bridgehead atoms. The molecule has 112 valence electrons. The number of rotatable bonds is 5. The molecule has 1 fully saturated rings. The monoisotopic (exact) mass is 291 g/mol. The minimum Gasteiger partial charge on any atom is -0.481 e. The summed E-state index contributed by atoms with van der Waals surface area (Å²) in [7, 11) is -3.33. The Morgan fingerprint density at radius 2 is 1.84 bits per heavy atom. The summed E-state index contributed by atoms with van der Waals surface area (Å²) in [5.74, 6) is -1.24. The summed E-state index contributed by atoms with van der Waals surface area (Å²) in [6.45, 7) is 5.85. The highest BCUT2D eigenvalue weighted by Crippen LogP contribution is 2.30. The lowest BCUT2D eigenvalue weighted by molar-refractivity contribution is -0.144. The number of carboxylic acid groups (broad SMARTS) is 1. The molecule has 2 N–H and O–H groups in total. The van der Waals surface area contributed by atoms with Crippen molar-refractivity contribution in [2.45, 2.75) is 46.5 Å². The SMILES string of the molecule is CC(C)(C)CS(=O)(=O)NCC1CCCCC1C(=O)O. The van der Waals surface area contributed by atoms with Crippen molar-refractivity contribution >= 4 is 16.0 Å². The molecule has 0 heterocycles. The Kier molecular flexibility index (Phi) is 5.38. The molecule has 19 heavy (non-hydrogen) atoms. The fourth-order valence-corrected chi connectivity index (χ4v) is 4.34. The van der Waals surface area contributed by atoms with Gasteiger partial charge in [0.05, 0.1) is 11.7 Å². The first-order valence-corrected chi connectivity index (χ1v) is 8.46. The molecule has 0 aromatic heterocycles. The summed E-state index contributed by atoms with van der Waals surface area (Å²) in [4.78, 5) is 11.1. The van der Waals surface area contributed by atoms with Gasteiger partial charge in [-0.25, -0.2) is 13.1 Å². The molecule has 0 spiro atoms. The van der Waals surface area contributed by atoms with Crippen LogP contribution in [0.3, 0.4) is 0 Å². The zero-order valence-corrected chi connectivity index (χ0v) is 12.8. The molecule has 0 amide bonds. The summed E-state index contributed by atoms with van der Waals surface area (Å²) in [6, 6.07) is 0. The molecule has 0 aliphatic heterocycles. The molecule has 0 aromatic carbocycles. The molecule has 1 rings (SSSR count). The van der Waals surface area contributed by atoms with E-state index in [1.807, 2.05) is 20.8 Å². The first-order chi connectivity index (χ1) is 8.61. The largest absolute Gasteiger partial charge is 0.481 e. The minimum atomic E-state index is -3.33. The molecule has 2 unspecified atom stereocenters. The fraction of sp³-hybridized carbons (Fsp3) is 0.923. The number of hydrogen-bond donors (Lipinski definition) is 2. The summed E-state index contributed by atoms with van der Waals surface area (Å²) in [5, 5.41) is 9.15. The Balaban J connectivity index is 2.57. The van der Waals surface area contributed by atoms with E-state index < -0.39 is 21.9 Å². The number of hydrogen-bond acceptors (Lipinski definition) is 3. The van der Waals surface area contributed by atoms with Gasteiger partial charge in [0.25, 0.3) is 0 Å². The van der Waals surface area contributed by atoms with E-state index in [2.05, 4.69) is 4.72 Å². The van der Waals surface area contributed by atoms with Crippen molar-refractivity contribution in [1.29, 1.82) is 0 Å². The smallest absolute Gasteiger partial charge is 0.306 e. The lowest BCUT2D eigenvalue weighted by Crippen LogP contribution is -2.39. The molecule has 6 heteroatoms. The van der Waals surface area contributed by atoms with E-state index in [4.69, 9.17) is 5.11 Å². The van der Waals surface area contributed by atoms with Crippen LogP contribution in [0.4, 0.5) is 0 Å². The van der Waals surface area contributed by atoms with E-state index >= 15 is 0 Å².